The third-order valence-electron chi connectivity index (χ3n) is 3.31. The molecule has 0 aromatic heterocycles. The molecule has 116 valence electrons. The number of halogens is 3. The van der Waals surface area contributed by atoms with Gasteiger partial charge in [0.1, 0.15) is 0 Å². The molecule has 0 radical (unpaired) electrons. The highest BCUT2D eigenvalue weighted by Gasteiger charge is 2.16. The highest BCUT2D eigenvalue weighted by atomic mass is 19.3. The number of carbonyl (C=O) groups is 1. The van der Waals surface area contributed by atoms with Crippen molar-refractivity contribution < 1.29 is 22.7 Å². The second kappa shape index (κ2) is 7.31. The minimum atomic E-state index is -3.08. The van der Waals surface area contributed by atoms with Crippen LogP contribution in [0.1, 0.15) is 25.7 Å². The summed E-state index contributed by atoms with van der Waals surface area (Å²) in [5.74, 6) is -1.71. The van der Waals surface area contributed by atoms with Crippen LogP contribution in [0.5, 0.6) is 5.75 Å². The minimum Gasteiger partial charge on any atom is -0.432 e. The van der Waals surface area contributed by atoms with Gasteiger partial charge in [0.2, 0.25) is 5.91 Å². The SMILES string of the molecule is O=C(CCC1CCCN1)Nc1ccc(OC(F)F)c(F)c1. The van der Waals surface area contributed by atoms with E-state index in [9.17, 15) is 18.0 Å². The van der Waals surface area contributed by atoms with Crippen LogP contribution in [0.2, 0.25) is 0 Å². The maximum absolute atomic E-state index is 13.5. The summed E-state index contributed by atoms with van der Waals surface area (Å²) in [6, 6.07) is 3.71. The number of nitrogens with one attached hydrogen (secondary N) is 2. The number of alkyl halides is 2. The topological polar surface area (TPSA) is 50.4 Å². The Morgan fingerprint density at radius 1 is 1.48 bits per heavy atom. The van der Waals surface area contributed by atoms with E-state index >= 15 is 0 Å². The smallest absolute Gasteiger partial charge is 0.387 e. The molecule has 1 saturated heterocycles. The van der Waals surface area contributed by atoms with Gasteiger partial charge in [-0.2, -0.15) is 8.78 Å². The number of rotatable bonds is 6. The molecule has 1 amide bonds. The third kappa shape index (κ3) is 4.93. The van der Waals surface area contributed by atoms with E-state index in [1.165, 1.54) is 6.07 Å². The van der Waals surface area contributed by atoms with E-state index in [0.717, 1.165) is 37.9 Å². The molecule has 1 fully saturated rings. The number of hydrogen-bond donors (Lipinski definition) is 2. The molecule has 0 saturated carbocycles. The fourth-order valence-electron chi connectivity index (χ4n) is 2.30. The van der Waals surface area contributed by atoms with Gasteiger partial charge in [0.05, 0.1) is 0 Å². The van der Waals surface area contributed by atoms with Crippen molar-refractivity contribution in [2.24, 2.45) is 0 Å². The number of ether oxygens (including phenoxy) is 1. The summed E-state index contributed by atoms with van der Waals surface area (Å²) < 4.78 is 41.5. The van der Waals surface area contributed by atoms with Crippen LogP contribution >= 0.6 is 0 Å². The van der Waals surface area contributed by atoms with Gasteiger partial charge >= 0.3 is 6.61 Å². The van der Waals surface area contributed by atoms with Crippen LogP contribution in [0.4, 0.5) is 18.9 Å². The Bertz CT molecular complexity index is 491. The highest BCUT2D eigenvalue weighted by Crippen LogP contribution is 2.23. The number of benzene rings is 1. The molecule has 1 aromatic rings. The molecule has 0 spiro atoms. The Labute approximate surface area is 120 Å². The Kier molecular flexibility index (Phi) is 5.44. The average Bonchev–Trinajstić information content (AvgIpc) is 2.92. The van der Waals surface area contributed by atoms with Gasteiger partial charge in [-0.3, -0.25) is 4.79 Å². The predicted molar refractivity (Wildman–Crippen MR) is 71.9 cm³/mol. The zero-order valence-corrected chi connectivity index (χ0v) is 11.4. The van der Waals surface area contributed by atoms with Crippen molar-refractivity contribution in [3.8, 4) is 5.75 Å². The molecule has 0 aliphatic carbocycles. The van der Waals surface area contributed by atoms with E-state index in [0.29, 0.717) is 12.5 Å². The average molecular weight is 302 g/mol. The summed E-state index contributed by atoms with van der Waals surface area (Å²) in [6.07, 6.45) is 3.22. The Hall–Kier alpha value is -1.76. The summed E-state index contributed by atoms with van der Waals surface area (Å²) in [5.41, 5.74) is 0.221. The van der Waals surface area contributed by atoms with Gasteiger partial charge in [-0.25, -0.2) is 4.39 Å². The minimum absolute atomic E-state index is 0.221. The largest absolute Gasteiger partial charge is 0.432 e. The first-order valence-corrected chi connectivity index (χ1v) is 6.82. The lowest BCUT2D eigenvalue weighted by atomic mass is 10.1. The number of hydrogen-bond acceptors (Lipinski definition) is 3. The summed E-state index contributed by atoms with van der Waals surface area (Å²) in [7, 11) is 0. The molecule has 1 aliphatic heterocycles. The van der Waals surface area contributed by atoms with Crippen molar-refractivity contribution in [2.45, 2.75) is 38.3 Å². The first-order chi connectivity index (χ1) is 10.0. The van der Waals surface area contributed by atoms with Crippen LogP contribution in [0.3, 0.4) is 0 Å². The molecular formula is C14H17F3N2O2. The van der Waals surface area contributed by atoms with Crippen LogP contribution in [-0.4, -0.2) is 25.1 Å². The van der Waals surface area contributed by atoms with Crippen molar-refractivity contribution in [3.05, 3.63) is 24.0 Å². The number of anilines is 1. The second-order valence-electron chi connectivity index (χ2n) is 4.90. The molecule has 2 rings (SSSR count). The van der Waals surface area contributed by atoms with E-state index in [2.05, 4.69) is 15.4 Å². The van der Waals surface area contributed by atoms with Crippen molar-refractivity contribution in [1.29, 1.82) is 0 Å². The van der Waals surface area contributed by atoms with Crippen LogP contribution in [0.15, 0.2) is 18.2 Å². The zero-order valence-electron chi connectivity index (χ0n) is 11.4. The molecule has 1 atom stereocenters. The van der Waals surface area contributed by atoms with Crippen molar-refractivity contribution in [3.63, 3.8) is 0 Å². The molecule has 1 aliphatic rings. The lowest BCUT2D eigenvalue weighted by Gasteiger charge is -2.11. The van der Waals surface area contributed by atoms with Gasteiger partial charge in [0.25, 0.3) is 0 Å². The first kappa shape index (κ1) is 15.6. The summed E-state index contributed by atoms with van der Waals surface area (Å²) in [6.45, 7) is -2.11. The maximum Gasteiger partial charge on any atom is 0.387 e. The van der Waals surface area contributed by atoms with Gasteiger partial charge < -0.3 is 15.4 Å². The summed E-state index contributed by atoms with van der Waals surface area (Å²) in [4.78, 5) is 11.7. The zero-order chi connectivity index (χ0) is 15.2. The van der Waals surface area contributed by atoms with Crippen molar-refractivity contribution in [1.82, 2.24) is 5.32 Å². The molecule has 1 aromatic carbocycles. The Balaban J connectivity index is 1.84. The lowest BCUT2D eigenvalue weighted by Crippen LogP contribution is -2.23. The third-order valence-corrected chi connectivity index (χ3v) is 3.31. The molecular weight excluding hydrogens is 285 g/mol. The van der Waals surface area contributed by atoms with Crippen LogP contribution in [-0.2, 0) is 4.79 Å². The first-order valence-electron chi connectivity index (χ1n) is 6.82. The fraction of sp³-hybridized carbons (Fsp3) is 0.500. The van der Waals surface area contributed by atoms with Gasteiger partial charge in [-0.1, -0.05) is 0 Å². The van der Waals surface area contributed by atoms with Crippen molar-refractivity contribution >= 4 is 11.6 Å². The highest BCUT2D eigenvalue weighted by molar-refractivity contribution is 5.90. The van der Waals surface area contributed by atoms with Gasteiger partial charge in [-0.15, -0.1) is 0 Å². The van der Waals surface area contributed by atoms with Crippen molar-refractivity contribution in [2.75, 3.05) is 11.9 Å². The Morgan fingerprint density at radius 3 is 2.90 bits per heavy atom. The Morgan fingerprint density at radius 2 is 2.29 bits per heavy atom. The predicted octanol–water partition coefficient (Wildman–Crippen LogP) is 2.90. The van der Waals surface area contributed by atoms with E-state index < -0.39 is 18.2 Å². The standard InChI is InChI=1S/C14H17F3N2O2/c15-11-8-10(3-5-12(11)21-14(16)17)19-13(20)6-4-9-2-1-7-18-9/h3,5,8-9,14,18H,1-2,4,6-7H2,(H,19,20). The molecule has 7 heteroatoms. The quantitative estimate of drug-likeness (QED) is 0.849. The number of carbonyl (C=O) groups excluding carboxylic acids is 1. The fourth-order valence-corrected chi connectivity index (χ4v) is 2.30. The molecule has 2 N–H and O–H groups in total. The molecule has 0 bridgehead atoms. The van der Waals surface area contributed by atoms with E-state index in [-0.39, 0.29) is 11.6 Å². The molecule has 21 heavy (non-hydrogen) atoms. The van der Waals surface area contributed by atoms with Crippen LogP contribution in [0, 0.1) is 5.82 Å². The number of amides is 1. The maximum atomic E-state index is 13.5. The monoisotopic (exact) mass is 302 g/mol. The molecule has 4 nitrogen and oxygen atoms in total. The van der Waals surface area contributed by atoms with E-state index in [1.54, 1.807) is 0 Å². The van der Waals surface area contributed by atoms with Gasteiger partial charge in [-0.05, 0) is 37.9 Å². The van der Waals surface area contributed by atoms with Crippen LogP contribution < -0.4 is 15.4 Å². The summed E-state index contributed by atoms with van der Waals surface area (Å²) >= 11 is 0. The van der Waals surface area contributed by atoms with Crippen LogP contribution in [0.25, 0.3) is 0 Å². The second-order valence-corrected chi connectivity index (χ2v) is 4.90. The lowest BCUT2D eigenvalue weighted by molar-refractivity contribution is -0.116. The van der Waals surface area contributed by atoms with E-state index in [1.807, 2.05) is 0 Å². The molecule has 1 unspecified atom stereocenters. The van der Waals surface area contributed by atoms with E-state index in [4.69, 9.17) is 0 Å². The summed E-state index contributed by atoms with van der Waals surface area (Å²) in [5, 5.41) is 5.82. The normalized spacial score (nSPS) is 18.0. The van der Waals surface area contributed by atoms with Gasteiger partial charge in [0.15, 0.2) is 11.6 Å². The molecule has 1 heterocycles. The van der Waals surface area contributed by atoms with Gasteiger partial charge in [0, 0.05) is 24.2 Å².